The van der Waals surface area contributed by atoms with E-state index in [-0.39, 0.29) is 18.1 Å². The van der Waals surface area contributed by atoms with Gasteiger partial charge >= 0.3 is 0 Å². The van der Waals surface area contributed by atoms with Gasteiger partial charge in [-0.1, -0.05) is 12.1 Å². The Morgan fingerprint density at radius 3 is 2.16 bits per heavy atom. The Kier molecular flexibility index (Phi) is 7.92. The maximum absolute atomic E-state index is 13.5. The van der Waals surface area contributed by atoms with Crippen LogP contribution in [0, 0.1) is 22.7 Å². The summed E-state index contributed by atoms with van der Waals surface area (Å²) in [4.78, 5) is 17.9. The average molecular weight is 509 g/mol. The predicted octanol–water partition coefficient (Wildman–Crippen LogP) is 3.68. The molecule has 2 aromatic rings. The van der Waals surface area contributed by atoms with Crippen molar-refractivity contribution in [2.75, 3.05) is 26.2 Å². The highest BCUT2D eigenvalue weighted by molar-refractivity contribution is 5.93. The Labute approximate surface area is 224 Å². The van der Waals surface area contributed by atoms with E-state index in [4.69, 9.17) is 15.3 Å². The maximum atomic E-state index is 13.5. The molecule has 3 aliphatic rings. The van der Waals surface area contributed by atoms with Crippen LogP contribution in [0.5, 0.6) is 5.75 Å². The Bertz CT molecular complexity index is 1260. The highest BCUT2D eigenvalue weighted by Gasteiger charge is 2.33. The topological polar surface area (TPSA) is 95.6 Å². The van der Waals surface area contributed by atoms with Crippen molar-refractivity contribution < 1.29 is 9.53 Å². The number of benzene rings is 2. The van der Waals surface area contributed by atoms with Crippen LogP contribution >= 0.6 is 0 Å². The molecule has 194 valence electrons. The third-order valence-electron chi connectivity index (χ3n) is 7.47. The Hall–Kier alpha value is -4.27. The Balaban J connectivity index is 1.12. The van der Waals surface area contributed by atoms with Crippen molar-refractivity contribution in [3.8, 4) is 17.9 Å². The zero-order valence-electron chi connectivity index (χ0n) is 21.4. The molecule has 0 bridgehead atoms. The first-order chi connectivity index (χ1) is 18.6. The van der Waals surface area contributed by atoms with Crippen LogP contribution in [0.3, 0.4) is 0 Å². The summed E-state index contributed by atoms with van der Waals surface area (Å²) in [5.41, 5.74) is 6.54. The van der Waals surface area contributed by atoms with Crippen LogP contribution in [0.25, 0.3) is 0 Å². The lowest BCUT2D eigenvalue weighted by atomic mass is 10.0. The molecule has 2 fully saturated rings. The summed E-state index contributed by atoms with van der Waals surface area (Å²) in [6.45, 7) is 4.07. The zero-order valence-corrected chi connectivity index (χ0v) is 21.4. The summed E-state index contributed by atoms with van der Waals surface area (Å²) in [5, 5.41) is 20.0. The molecule has 0 radical (unpaired) electrons. The van der Waals surface area contributed by atoms with E-state index in [0.717, 1.165) is 51.1 Å². The minimum atomic E-state index is 0.0543. The molecule has 3 aliphatic heterocycles. The number of hydrogen-bond acceptors (Lipinski definition) is 7. The van der Waals surface area contributed by atoms with Gasteiger partial charge in [0.2, 0.25) is 0 Å². The molecule has 8 nitrogen and oxygen atoms in total. The lowest BCUT2D eigenvalue weighted by Gasteiger charge is -2.42. The van der Waals surface area contributed by atoms with Gasteiger partial charge in [0.25, 0.3) is 5.91 Å². The van der Waals surface area contributed by atoms with Crippen LogP contribution in [-0.2, 0) is 11.3 Å². The van der Waals surface area contributed by atoms with Crippen LogP contribution in [-0.4, -0.2) is 59.0 Å². The van der Waals surface area contributed by atoms with Crippen molar-refractivity contribution in [2.24, 2.45) is 0 Å². The third-order valence-corrected chi connectivity index (χ3v) is 7.47. The number of allylic oxidation sites excluding steroid dienone is 2. The first kappa shape index (κ1) is 25.4. The van der Waals surface area contributed by atoms with Gasteiger partial charge in [-0.15, -0.1) is 0 Å². The molecule has 3 heterocycles. The lowest BCUT2D eigenvalue weighted by Crippen LogP contribution is -2.53. The van der Waals surface area contributed by atoms with Gasteiger partial charge in [-0.25, -0.2) is 0 Å². The van der Waals surface area contributed by atoms with E-state index in [0.29, 0.717) is 29.9 Å². The van der Waals surface area contributed by atoms with Crippen LogP contribution in [0.1, 0.15) is 42.4 Å². The second kappa shape index (κ2) is 11.9. The zero-order chi connectivity index (χ0) is 26.3. The molecule has 0 unspecified atom stereocenters. The minimum Gasteiger partial charge on any atom is -0.490 e. The number of likely N-dealkylation sites (tertiary alicyclic amines) is 2. The first-order valence-corrected chi connectivity index (χ1v) is 13.2. The van der Waals surface area contributed by atoms with Gasteiger partial charge in [-0.05, 0) is 67.0 Å². The Morgan fingerprint density at radius 1 is 0.895 bits per heavy atom. The quantitative estimate of drug-likeness (QED) is 0.636. The SMILES string of the molecule is N#Cc1ccc(CN2CCC(N3NC=CC=C3C(=O)N3CCC(Oc4ccc(C#N)cc4)CC3)CC2)cc1. The Morgan fingerprint density at radius 2 is 1.53 bits per heavy atom. The van der Waals surface area contributed by atoms with E-state index in [9.17, 15) is 4.79 Å². The van der Waals surface area contributed by atoms with E-state index >= 15 is 0 Å². The van der Waals surface area contributed by atoms with Crippen molar-refractivity contribution in [1.29, 1.82) is 10.5 Å². The number of nitrogens with one attached hydrogen (secondary N) is 1. The van der Waals surface area contributed by atoms with Crippen LogP contribution in [0.2, 0.25) is 0 Å². The number of amides is 1. The second-order valence-corrected chi connectivity index (χ2v) is 9.97. The number of carbonyl (C=O) groups excluding carboxylic acids is 1. The minimum absolute atomic E-state index is 0.0543. The number of nitriles is 2. The highest BCUT2D eigenvalue weighted by atomic mass is 16.5. The number of ether oxygens (including phenoxy) is 1. The smallest absolute Gasteiger partial charge is 0.271 e. The fraction of sp³-hybridized carbons (Fsp3) is 0.367. The van der Waals surface area contributed by atoms with E-state index in [1.807, 2.05) is 59.7 Å². The predicted molar refractivity (Wildman–Crippen MR) is 143 cm³/mol. The van der Waals surface area contributed by atoms with Gasteiger partial charge in [-0.3, -0.25) is 14.7 Å². The number of rotatable bonds is 6. The molecule has 1 amide bonds. The average Bonchev–Trinajstić information content (AvgIpc) is 2.98. The van der Waals surface area contributed by atoms with Gasteiger partial charge in [0.05, 0.1) is 29.3 Å². The summed E-state index contributed by atoms with van der Waals surface area (Å²) < 4.78 is 6.09. The number of nitrogens with zero attached hydrogens (tertiary/aromatic N) is 5. The maximum Gasteiger partial charge on any atom is 0.271 e. The molecule has 5 rings (SSSR count). The fourth-order valence-corrected chi connectivity index (χ4v) is 5.31. The summed E-state index contributed by atoms with van der Waals surface area (Å²) in [6, 6.07) is 19.5. The van der Waals surface area contributed by atoms with Crippen LogP contribution in [0.15, 0.2) is 72.6 Å². The molecule has 8 heteroatoms. The van der Waals surface area contributed by atoms with Crippen molar-refractivity contribution in [3.05, 3.63) is 89.3 Å². The number of piperidine rings is 2. The van der Waals surface area contributed by atoms with Crippen molar-refractivity contribution in [2.45, 2.75) is 44.4 Å². The molecule has 1 N–H and O–H groups in total. The first-order valence-electron chi connectivity index (χ1n) is 13.2. The van der Waals surface area contributed by atoms with Crippen molar-refractivity contribution in [1.82, 2.24) is 20.2 Å². The monoisotopic (exact) mass is 508 g/mol. The van der Waals surface area contributed by atoms with E-state index in [2.05, 4.69) is 27.5 Å². The van der Waals surface area contributed by atoms with Gasteiger partial charge < -0.3 is 15.1 Å². The molecule has 2 aromatic carbocycles. The summed E-state index contributed by atoms with van der Waals surface area (Å²) in [5.74, 6) is 0.813. The second-order valence-electron chi connectivity index (χ2n) is 9.97. The number of hydrazine groups is 1. The van der Waals surface area contributed by atoms with Crippen molar-refractivity contribution >= 4 is 5.91 Å². The van der Waals surface area contributed by atoms with E-state index in [1.165, 1.54) is 5.56 Å². The summed E-state index contributed by atoms with van der Waals surface area (Å²) >= 11 is 0. The third kappa shape index (κ3) is 5.99. The normalized spacial score (nSPS) is 18.7. The van der Waals surface area contributed by atoms with E-state index < -0.39 is 0 Å². The number of carbonyl (C=O) groups is 1. The molecule has 0 saturated carbocycles. The molecule has 0 atom stereocenters. The highest BCUT2D eigenvalue weighted by Crippen LogP contribution is 2.25. The molecule has 38 heavy (non-hydrogen) atoms. The molecule has 2 saturated heterocycles. The van der Waals surface area contributed by atoms with Crippen molar-refractivity contribution in [3.63, 3.8) is 0 Å². The molecular weight excluding hydrogens is 476 g/mol. The van der Waals surface area contributed by atoms with Gasteiger partial charge in [0.15, 0.2) is 0 Å². The van der Waals surface area contributed by atoms with Crippen LogP contribution in [0.4, 0.5) is 0 Å². The molecule has 0 aliphatic carbocycles. The van der Waals surface area contributed by atoms with Gasteiger partial charge in [0, 0.05) is 51.8 Å². The lowest BCUT2D eigenvalue weighted by molar-refractivity contribution is -0.131. The van der Waals surface area contributed by atoms with Crippen LogP contribution < -0.4 is 10.2 Å². The fourth-order valence-electron chi connectivity index (χ4n) is 5.31. The standard InChI is InChI=1S/C30H32N6O2/c31-20-23-3-5-25(6-4-23)22-34-16-11-26(12-17-34)36-29(2-1-15-33-36)30(37)35-18-13-28(14-19-35)38-27-9-7-24(21-32)8-10-27/h1-10,15,26,28,33H,11-14,16-19,22H2. The molecule has 0 spiro atoms. The van der Waals surface area contributed by atoms with Gasteiger partial charge in [-0.2, -0.15) is 10.5 Å². The summed E-state index contributed by atoms with van der Waals surface area (Å²) in [6.07, 6.45) is 9.22. The van der Waals surface area contributed by atoms with E-state index in [1.54, 1.807) is 12.1 Å². The molecular formula is C30H32N6O2. The van der Waals surface area contributed by atoms with Gasteiger partial charge in [0.1, 0.15) is 17.6 Å². The molecule has 0 aromatic heterocycles. The number of hydrogen-bond donors (Lipinski definition) is 1. The summed E-state index contributed by atoms with van der Waals surface area (Å²) in [7, 11) is 0. The largest absolute Gasteiger partial charge is 0.490 e.